The molecule has 36 nitrogen and oxygen atoms in total. The molecule has 0 saturated heterocycles. The van der Waals surface area contributed by atoms with Crippen molar-refractivity contribution < 1.29 is 167 Å². The minimum atomic E-state index is -4.94. The summed E-state index contributed by atoms with van der Waals surface area (Å²) in [4.78, 5) is 94.8. The Balaban J connectivity index is 4.29. The predicted octanol–water partition coefficient (Wildman–Crippen LogP) is 3.24. The van der Waals surface area contributed by atoms with Gasteiger partial charge in [0.1, 0.15) is 0 Å². The molecule has 0 amide bonds. The maximum Gasteiger partial charge on any atom is 0.472 e. The second kappa shape index (κ2) is 33.9. The summed E-state index contributed by atoms with van der Waals surface area (Å²) in [6.07, 6.45) is 0.523. The monoisotopic (exact) mass is 1200 g/mol. The summed E-state index contributed by atoms with van der Waals surface area (Å²) in [7, 11) is -43.1. The summed E-state index contributed by atoms with van der Waals surface area (Å²) in [6.45, 7) is -7.38. The van der Waals surface area contributed by atoms with Crippen LogP contribution in [0.3, 0.4) is 0 Å². The topological polar surface area (TPSA) is 513 Å². The summed E-state index contributed by atoms with van der Waals surface area (Å²) in [5.74, 6) is -1.34. The molecule has 69 heavy (non-hydrogen) atoms. The van der Waals surface area contributed by atoms with Crippen LogP contribution in [0.2, 0.25) is 0 Å². The second-order valence-electron chi connectivity index (χ2n) is 12.4. The lowest BCUT2D eigenvalue weighted by atomic mass is 10.1. The minimum Gasteiger partial charge on any atom is -0.303 e. The quantitative estimate of drug-likeness (QED) is 0.0309. The fraction of sp³-hybridized carbons (Fsp3) is 1.00. The molecule has 10 unspecified atom stereocenters. The van der Waals surface area contributed by atoms with Crippen LogP contribution in [0.15, 0.2) is 0 Å². The van der Waals surface area contributed by atoms with Crippen molar-refractivity contribution in [2.24, 2.45) is 11.8 Å². The van der Waals surface area contributed by atoms with Crippen molar-refractivity contribution in [2.45, 2.75) is 33.6 Å². The Kier molecular flexibility index (Phi) is 34.4. The van der Waals surface area contributed by atoms with E-state index in [1.54, 1.807) is 13.8 Å². The predicted molar refractivity (Wildman–Crippen MR) is 225 cm³/mol. The van der Waals surface area contributed by atoms with Gasteiger partial charge in [-0.25, -0.2) is 41.1 Å². The molecule has 0 aromatic carbocycles. The third-order valence-electron chi connectivity index (χ3n) is 6.90. The average molecular weight is 1200 g/mol. The Morgan fingerprint density at radius 3 is 0.580 bits per heavy atom. The van der Waals surface area contributed by atoms with Gasteiger partial charge in [0.15, 0.2) is 0 Å². The first-order valence-corrected chi connectivity index (χ1v) is 32.7. The highest BCUT2D eigenvalue weighted by atomic mass is 31.2. The molecular formula is C24H59O36P9. The van der Waals surface area contributed by atoms with Crippen molar-refractivity contribution in [3.8, 4) is 0 Å². The van der Waals surface area contributed by atoms with E-state index in [-0.39, 0.29) is 19.6 Å². The molecule has 0 aliphatic carbocycles. The summed E-state index contributed by atoms with van der Waals surface area (Å²) in [6, 6.07) is 0. The van der Waals surface area contributed by atoms with Gasteiger partial charge in [-0.15, -0.1) is 0 Å². The number of hydrogen-bond donors (Lipinski definition) is 10. The van der Waals surface area contributed by atoms with E-state index in [9.17, 15) is 80.2 Å². The highest BCUT2D eigenvalue weighted by Crippen LogP contribution is 2.50. The summed E-state index contributed by atoms with van der Waals surface area (Å²) >= 11 is 0. The Morgan fingerprint density at radius 1 is 0.261 bits per heavy atom. The second-order valence-corrected chi connectivity index (χ2v) is 25.3. The van der Waals surface area contributed by atoms with Crippen LogP contribution in [0.25, 0.3) is 0 Å². The molecule has 0 saturated carbocycles. The maximum atomic E-state index is 12.1. The first-order valence-electron chi connectivity index (χ1n) is 19.2. The van der Waals surface area contributed by atoms with Gasteiger partial charge < -0.3 is 48.9 Å². The molecule has 0 aliphatic heterocycles. The van der Waals surface area contributed by atoms with Crippen LogP contribution in [0.5, 0.6) is 0 Å². The lowest BCUT2D eigenvalue weighted by molar-refractivity contribution is 0.0703. The number of rotatable bonds is 46. The molecule has 10 N–H and O–H groups in total. The standard InChI is InChI=1S/C24H59O36P9/c1-4-23(19-57-61(25,26)27)20-59-68(40,41)55-17-15-53-66(36,37)51-13-11-49-64(32,33)47-9-7-45-63(30,31)46-8-10-48-65(34,35)50-12-14-52-67(38,39)54-16-18-56-69(42,43)60-22-24(5-2)21-58-62(28,29)44-6-3/h23-24H,4-22H2,1-3H3,(H,28,29)(H,30,31)(H,32,33)(H,34,35)(H,36,37)(H,38,39)(H,40,41)(H,42,43)(H2,25,26,27). The fourth-order valence-corrected chi connectivity index (χ4v) is 9.85. The molecule has 0 bridgehead atoms. The average Bonchev–Trinajstić information content (AvgIpc) is 3.22. The van der Waals surface area contributed by atoms with Gasteiger partial charge >= 0.3 is 70.4 Å². The van der Waals surface area contributed by atoms with Gasteiger partial charge in [-0.05, 0) is 19.8 Å². The molecule has 0 aromatic rings. The largest absolute Gasteiger partial charge is 0.472 e. The Labute approximate surface area is 394 Å². The lowest BCUT2D eigenvalue weighted by Crippen LogP contribution is -2.15. The molecule has 0 spiro atoms. The van der Waals surface area contributed by atoms with Gasteiger partial charge in [0.2, 0.25) is 0 Å². The zero-order valence-corrected chi connectivity index (χ0v) is 44.8. The first kappa shape index (κ1) is 70.0. The Hall–Kier alpha value is 0.990. The molecule has 0 aliphatic rings. The summed E-state index contributed by atoms with van der Waals surface area (Å²) in [5, 5.41) is 0. The zero-order chi connectivity index (χ0) is 53.1. The van der Waals surface area contributed by atoms with Crippen molar-refractivity contribution >= 4 is 70.4 Å². The van der Waals surface area contributed by atoms with Crippen LogP contribution >= 0.6 is 70.4 Å². The molecule has 0 radical (unpaired) electrons. The number of phosphoric ester groups is 9. The van der Waals surface area contributed by atoms with Crippen LogP contribution in [0, 0.1) is 11.8 Å². The van der Waals surface area contributed by atoms with Gasteiger partial charge in [-0.1, -0.05) is 13.8 Å². The summed E-state index contributed by atoms with van der Waals surface area (Å²) in [5.41, 5.74) is 0. The molecule has 0 rings (SSSR count). The molecule has 0 heterocycles. The van der Waals surface area contributed by atoms with E-state index in [1.807, 2.05) is 0 Å². The lowest BCUT2D eigenvalue weighted by Gasteiger charge is -2.19. The van der Waals surface area contributed by atoms with Crippen molar-refractivity contribution in [1.82, 2.24) is 0 Å². The molecular weight excluding hydrogens is 1140 g/mol. The number of hydrogen-bond acceptors (Lipinski definition) is 26. The maximum absolute atomic E-state index is 12.1. The van der Waals surface area contributed by atoms with E-state index >= 15 is 0 Å². The van der Waals surface area contributed by atoms with Crippen molar-refractivity contribution in [1.29, 1.82) is 0 Å². The zero-order valence-electron chi connectivity index (χ0n) is 36.7. The number of phosphoric acid groups is 9. The molecule has 10 atom stereocenters. The van der Waals surface area contributed by atoms with E-state index in [0.717, 1.165) is 0 Å². The van der Waals surface area contributed by atoms with E-state index in [4.69, 9.17) is 18.8 Å². The molecule has 416 valence electrons. The third kappa shape index (κ3) is 40.9. The van der Waals surface area contributed by atoms with Crippen LogP contribution in [0.1, 0.15) is 33.6 Å². The van der Waals surface area contributed by atoms with Gasteiger partial charge in [-0.3, -0.25) is 76.9 Å². The van der Waals surface area contributed by atoms with Gasteiger partial charge in [0.25, 0.3) is 0 Å². The Morgan fingerprint density at radius 2 is 0.420 bits per heavy atom. The van der Waals surface area contributed by atoms with Crippen LogP contribution < -0.4 is 0 Å². The van der Waals surface area contributed by atoms with Crippen LogP contribution in [-0.2, 0) is 118 Å². The van der Waals surface area contributed by atoms with Crippen LogP contribution in [-0.4, -0.2) is 161 Å². The van der Waals surface area contributed by atoms with Gasteiger partial charge in [0.05, 0.1) is 112 Å². The fourth-order valence-electron chi connectivity index (χ4n) is 3.66. The first-order chi connectivity index (χ1) is 31.6. The van der Waals surface area contributed by atoms with E-state index in [0.29, 0.717) is 6.42 Å². The van der Waals surface area contributed by atoms with E-state index in [2.05, 4.69) is 67.9 Å². The third-order valence-corrected chi connectivity index (χ3v) is 15.5. The molecule has 0 fully saturated rings. The molecule has 0 aromatic heterocycles. The summed E-state index contributed by atoms with van der Waals surface area (Å²) < 4.78 is 183. The molecule has 45 heteroatoms. The van der Waals surface area contributed by atoms with Gasteiger partial charge in [-0.2, -0.15) is 0 Å². The normalized spacial score (nSPS) is 20.5. The van der Waals surface area contributed by atoms with Crippen LogP contribution in [0.4, 0.5) is 0 Å². The Bertz CT molecular complexity index is 1900. The highest BCUT2D eigenvalue weighted by Gasteiger charge is 2.31. The van der Waals surface area contributed by atoms with Crippen molar-refractivity contribution in [3.05, 3.63) is 0 Å². The van der Waals surface area contributed by atoms with Gasteiger partial charge in [0, 0.05) is 11.8 Å². The van der Waals surface area contributed by atoms with E-state index < -0.39 is 181 Å². The van der Waals surface area contributed by atoms with Crippen molar-refractivity contribution in [3.63, 3.8) is 0 Å². The smallest absolute Gasteiger partial charge is 0.303 e. The minimum absolute atomic E-state index is 0.104. The van der Waals surface area contributed by atoms with E-state index in [1.165, 1.54) is 6.92 Å². The SMILES string of the molecule is CCOP(=O)(O)OCC(CC)COP(=O)(O)OCCOP(=O)(O)OCCOP(=O)(O)OCCOP(=O)(O)OCCOP(=O)(O)OCCOP(=O)(O)OCCOP(=O)(O)OCC(CC)COP(=O)(O)O. The van der Waals surface area contributed by atoms with Crippen molar-refractivity contribution in [2.75, 3.05) is 112 Å². The highest BCUT2D eigenvalue weighted by molar-refractivity contribution is 7.49.